The number of aromatic nitrogens is 16. The molecule has 34 heavy (non-hydrogen) atoms. The number of hydrogen-bond acceptors (Lipinski definition) is 20. The average molecular weight is 485 g/mol. The van der Waals surface area contributed by atoms with E-state index in [2.05, 4.69) is 61.6 Å². The Hall–Kier alpha value is -6.10. The first-order valence-electron chi connectivity index (χ1n) is 7.58. The molecule has 0 saturated heterocycles. The lowest BCUT2D eigenvalue weighted by Gasteiger charge is -2.24. The van der Waals surface area contributed by atoms with Gasteiger partial charge >= 0.3 is 30.5 Å². The first-order valence-corrected chi connectivity index (χ1v) is 7.58. The van der Waals surface area contributed by atoms with Gasteiger partial charge in [-0.15, -0.1) is 0 Å². The van der Waals surface area contributed by atoms with E-state index < -0.39 is 50.2 Å². The fraction of sp³-hybridized carbons (Fsp3) is 0. The Balaban J connectivity index is 0.00000324. The molecule has 0 aliphatic heterocycles. The highest BCUT2D eigenvalue weighted by Gasteiger charge is 2.56. The van der Waals surface area contributed by atoms with Crippen LogP contribution in [0.25, 0.3) is 0 Å². The standard InChI is InChI=1S/C4BN20O8.H3N/c26-18(27)1-6-14-22(10-1)5(23-11-2(7-15-23)19(28)29,24-12-3(8-16-24)20(30)31)25-13-4(9-17-25)21(32)33;/h;1H3/q-1;/p+1. The molecule has 4 aromatic heterocycles. The van der Waals surface area contributed by atoms with E-state index in [-0.39, 0.29) is 25.0 Å². The zero-order chi connectivity index (χ0) is 23.9. The maximum absolute atomic E-state index is 11.0. The highest BCUT2D eigenvalue weighted by molar-refractivity contribution is 6.71. The Bertz CT molecular complexity index is 1190. The fourth-order valence-electron chi connectivity index (χ4n) is 2.30. The predicted molar refractivity (Wildman–Crippen MR) is 91.2 cm³/mol. The van der Waals surface area contributed by atoms with Crippen LogP contribution < -0.4 is 6.15 Å². The molecule has 30 heteroatoms. The molecule has 0 atom stereocenters. The normalized spacial score (nSPS) is 11.1. The van der Waals surface area contributed by atoms with Gasteiger partial charge in [0, 0.05) is 41.2 Å². The van der Waals surface area contributed by atoms with Gasteiger partial charge in [-0.25, -0.2) is 0 Å². The molecule has 4 aromatic rings. The summed E-state index contributed by atoms with van der Waals surface area (Å²) in [7, 11) is 0. The highest BCUT2D eigenvalue weighted by atomic mass is 16.6. The van der Waals surface area contributed by atoms with Crippen molar-refractivity contribution in [3.8, 4) is 0 Å². The largest absolute Gasteiger partial charge is 0.593 e. The zero-order valence-electron chi connectivity index (χ0n) is 15.8. The molecule has 0 radical (unpaired) electrons. The summed E-state index contributed by atoms with van der Waals surface area (Å²) in [4.78, 5) is 39.7. The van der Waals surface area contributed by atoms with E-state index in [1.807, 2.05) is 0 Å². The van der Waals surface area contributed by atoms with Gasteiger partial charge in [-0.1, -0.05) is 0 Å². The quantitative estimate of drug-likeness (QED) is 0.140. The molecule has 4 heterocycles. The monoisotopic (exact) mass is 485 g/mol. The van der Waals surface area contributed by atoms with Crippen LogP contribution in [0.2, 0.25) is 0 Å². The summed E-state index contributed by atoms with van der Waals surface area (Å²) >= 11 is 0. The summed E-state index contributed by atoms with van der Waals surface area (Å²) in [5.74, 6) is -4.67. The fourth-order valence-corrected chi connectivity index (χ4v) is 2.30. The number of nitro groups is 4. The molecule has 0 aliphatic carbocycles. The summed E-state index contributed by atoms with van der Waals surface area (Å²) in [5, 5.41) is 83.7. The van der Waals surface area contributed by atoms with Crippen LogP contribution in [0.4, 0.5) is 23.8 Å². The van der Waals surface area contributed by atoms with Crippen LogP contribution in [0.1, 0.15) is 0 Å². The minimum atomic E-state index is -3.94. The van der Waals surface area contributed by atoms with Crippen molar-refractivity contribution in [1.29, 1.82) is 0 Å². The molecule has 0 amide bonds. The van der Waals surface area contributed by atoms with Crippen LogP contribution in [0.5, 0.6) is 0 Å². The minimum absolute atomic E-state index is 0. The van der Waals surface area contributed by atoms with Crippen molar-refractivity contribution in [1.82, 2.24) is 86.6 Å². The summed E-state index contributed by atoms with van der Waals surface area (Å²) in [6.07, 6.45) is 0. The van der Waals surface area contributed by atoms with Crippen molar-refractivity contribution in [2.24, 2.45) is 0 Å². The third-order valence-corrected chi connectivity index (χ3v) is 3.56. The van der Waals surface area contributed by atoms with Gasteiger partial charge in [0.25, 0.3) is 0 Å². The molecule has 0 unspecified atom stereocenters. The maximum Gasteiger partial charge on any atom is 0.593 e. The van der Waals surface area contributed by atoms with Crippen LogP contribution in [-0.4, -0.2) is 107 Å². The summed E-state index contributed by atoms with van der Waals surface area (Å²) < 4.78 is 0.835. The van der Waals surface area contributed by atoms with Crippen LogP contribution in [0, 0.1) is 40.5 Å². The van der Waals surface area contributed by atoms with Crippen LogP contribution >= 0.6 is 0 Å². The van der Waals surface area contributed by atoms with Crippen molar-refractivity contribution in [3.05, 3.63) is 40.5 Å². The number of tetrazole rings is 4. The lowest BCUT2D eigenvalue weighted by atomic mass is 9.78. The molecule has 176 valence electrons. The van der Waals surface area contributed by atoms with E-state index in [9.17, 15) is 40.5 Å². The third-order valence-electron chi connectivity index (χ3n) is 3.56. The van der Waals surface area contributed by atoms with E-state index in [1.54, 1.807) is 0 Å². The Morgan fingerprint density at radius 1 is 0.500 bits per heavy atom. The molecule has 0 aromatic carbocycles. The molecule has 29 nitrogen and oxygen atoms in total. The summed E-state index contributed by atoms with van der Waals surface area (Å²) in [5.41, 5.74) is 0. The summed E-state index contributed by atoms with van der Waals surface area (Å²) in [6.45, 7) is -3.94. The zero-order valence-corrected chi connectivity index (χ0v) is 15.8. The van der Waals surface area contributed by atoms with E-state index in [1.165, 1.54) is 0 Å². The number of nitrogens with zero attached hydrogens (tertiary/aromatic N) is 20. The van der Waals surface area contributed by atoms with Gasteiger partial charge in [-0.05, 0) is 19.7 Å². The second kappa shape index (κ2) is 7.87. The van der Waals surface area contributed by atoms with E-state index in [0.29, 0.717) is 0 Å². The van der Waals surface area contributed by atoms with E-state index in [0.717, 1.165) is 0 Å². The van der Waals surface area contributed by atoms with Crippen LogP contribution in [0.3, 0.4) is 0 Å². The van der Waals surface area contributed by atoms with Gasteiger partial charge in [0.2, 0.25) is 0 Å². The smallest absolute Gasteiger partial charge is 0.390 e. The lowest BCUT2D eigenvalue weighted by Crippen LogP contribution is -2.68. The van der Waals surface area contributed by atoms with E-state index >= 15 is 0 Å². The Morgan fingerprint density at radius 3 is 0.853 bits per heavy atom. The van der Waals surface area contributed by atoms with Gasteiger partial charge < -0.3 is 46.6 Å². The van der Waals surface area contributed by atoms with Crippen molar-refractivity contribution >= 4 is 30.5 Å². The molecule has 0 aliphatic rings. The number of rotatable bonds is 8. The molecule has 0 saturated carbocycles. The van der Waals surface area contributed by atoms with Crippen molar-refractivity contribution in [2.45, 2.75) is 0 Å². The molecular formula is C4H4BN21O8. The minimum Gasteiger partial charge on any atom is -0.390 e. The Labute approximate surface area is 178 Å². The molecule has 4 rings (SSSR count). The topological polar surface area (TPSA) is 383 Å². The summed E-state index contributed by atoms with van der Waals surface area (Å²) in [6, 6.07) is 0. The first kappa shape index (κ1) is 22.6. The first-order chi connectivity index (χ1) is 15.6. The maximum atomic E-state index is 11.0. The van der Waals surface area contributed by atoms with E-state index in [4.69, 9.17) is 0 Å². The van der Waals surface area contributed by atoms with Crippen molar-refractivity contribution < 1.29 is 19.7 Å². The number of hydrogen-bond donors (Lipinski definition) is 1. The van der Waals surface area contributed by atoms with Gasteiger partial charge in [0.1, 0.15) is 0 Å². The SMILES string of the molecule is O=[N+]([O-])c1nnn([B-](n2nnc([N+](=O)[O-])n2)(n2nnc([N+](=O)[O-])n2)n2nnc([N+](=O)[O-])n2)n1.[NH4+]. The Morgan fingerprint density at radius 2 is 0.706 bits per heavy atom. The highest BCUT2D eigenvalue weighted by Crippen LogP contribution is 2.15. The predicted octanol–water partition coefficient (Wildman–Crippen LogP) is -4.43. The second-order valence-corrected chi connectivity index (χ2v) is 5.36. The van der Waals surface area contributed by atoms with Crippen LogP contribution in [0.15, 0.2) is 0 Å². The molecule has 0 fully saturated rings. The second-order valence-electron chi connectivity index (χ2n) is 5.36. The number of quaternary nitrogens is 1. The van der Waals surface area contributed by atoms with Crippen molar-refractivity contribution in [3.63, 3.8) is 0 Å². The van der Waals surface area contributed by atoms with Gasteiger partial charge in [-0.2, -0.15) is 18.8 Å². The molecular weight excluding hydrogens is 481 g/mol. The van der Waals surface area contributed by atoms with Gasteiger partial charge in [-0.3, -0.25) is 0 Å². The van der Waals surface area contributed by atoms with Gasteiger partial charge in [0.05, 0.1) is 20.4 Å². The molecule has 4 N–H and O–H groups in total. The van der Waals surface area contributed by atoms with Gasteiger partial charge in [0.15, 0.2) is 0 Å². The average Bonchev–Trinajstić information content (AvgIpc) is 3.55. The molecule has 0 bridgehead atoms. The lowest BCUT2D eigenvalue weighted by molar-refractivity contribution is -0.394. The van der Waals surface area contributed by atoms with Crippen LogP contribution in [-0.2, 0) is 0 Å². The van der Waals surface area contributed by atoms with Crippen molar-refractivity contribution in [2.75, 3.05) is 0 Å². The third kappa shape index (κ3) is 3.29. The Kier molecular flexibility index (Phi) is 5.23. The molecule has 0 spiro atoms.